The van der Waals surface area contributed by atoms with Gasteiger partial charge in [-0.3, -0.25) is 4.79 Å². The van der Waals surface area contributed by atoms with Crippen LogP contribution in [-0.2, 0) is 4.79 Å². The molecule has 0 heterocycles. The van der Waals surface area contributed by atoms with Crippen LogP contribution in [0.15, 0.2) is 22.7 Å². The molecule has 1 aromatic carbocycles. The van der Waals surface area contributed by atoms with Crippen molar-refractivity contribution in [1.29, 1.82) is 5.26 Å². The minimum Gasteiger partial charge on any atom is -0.325 e. The van der Waals surface area contributed by atoms with Crippen molar-refractivity contribution in [2.45, 2.75) is 31.6 Å². The highest BCUT2D eigenvalue weighted by atomic mass is 79.9. The molecule has 0 atom stereocenters. The van der Waals surface area contributed by atoms with Gasteiger partial charge in [0.05, 0.1) is 11.3 Å². The summed E-state index contributed by atoms with van der Waals surface area (Å²) in [6.07, 6.45) is -0.160. The third kappa shape index (κ3) is 3.54. The molecule has 6 heteroatoms. The summed E-state index contributed by atoms with van der Waals surface area (Å²) in [5.41, 5.74) is 0.756. The van der Waals surface area contributed by atoms with E-state index in [9.17, 15) is 13.6 Å². The Labute approximate surface area is 124 Å². The molecule has 1 fully saturated rings. The topological polar surface area (TPSA) is 52.9 Å². The number of alkyl halides is 2. The second kappa shape index (κ2) is 5.88. The van der Waals surface area contributed by atoms with Gasteiger partial charge in [-0.05, 0) is 31.0 Å². The molecule has 1 amide bonds. The molecule has 2 rings (SSSR count). The van der Waals surface area contributed by atoms with Crippen molar-refractivity contribution in [3.63, 3.8) is 0 Å². The van der Waals surface area contributed by atoms with Crippen LogP contribution in [0.2, 0.25) is 0 Å². The first-order valence-corrected chi connectivity index (χ1v) is 7.09. The lowest BCUT2D eigenvalue weighted by molar-refractivity contribution is -0.124. The van der Waals surface area contributed by atoms with E-state index in [4.69, 9.17) is 5.26 Å². The zero-order valence-corrected chi connectivity index (χ0v) is 12.2. The number of amides is 1. The van der Waals surface area contributed by atoms with Crippen LogP contribution in [-0.4, -0.2) is 11.8 Å². The number of nitriles is 1. The number of halogens is 3. The molecule has 20 heavy (non-hydrogen) atoms. The Hall–Kier alpha value is -1.48. The molecule has 1 aromatic rings. The van der Waals surface area contributed by atoms with Gasteiger partial charge in [-0.2, -0.15) is 5.26 Å². The first-order valence-electron chi connectivity index (χ1n) is 6.29. The number of anilines is 1. The lowest BCUT2D eigenvalue weighted by Gasteiger charge is -2.27. The Balaban J connectivity index is 2.06. The molecule has 0 aromatic heterocycles. The minimum atomic E-state index is -2.65. The number of hydrogen-bond acceptors (Lipinski definition) is 2. The van der Waals surface area contributed by atoms with Crippen LogP contribution in [0.4, 0.5) is 14.5 Å². The molecule has 106 valence electrons. The summed E-state index contributed by atoms with van der Waals surface area (Å²) in [6, 6.07) is 6.92. The van der Waals surface area contributed by atoms with Crippen molar-refractivity contribution < 1.29 is 13.6 Å². The van der Waals surface area contributed by atoms with Gasteiger partial charge < -0.3 is 5.32 Å². The van der Waals surface area contributed by atoms with Crippen LogP contribution in [0.3, 0.4) is 0 Å². The summed E-state index contributed by atoms with van der Waals surface area (Å²) >= 11 is 3.27. The fourth-order valence-corrected chi connectivity index (χ4v) is 2.62. The lowest BCUT2D eigenvalue weighted by Crippen LogP contribution is -2.32. The van der Waals surface area contributed by atoms with Gasteiger partial charge in [0.25, 0.3) is 0 Å². The predicted molar refractivity (Wildman–Crippen MR) is 74.4 cm³/mol. The van der Waals surface area contributed by atoms with Gasteiger partial charge in [0.15, 0.2) is 0 Å². The van der Waals surface area contributed by atoms with Crippen molar-refractivity contribution in [2.24, 2.45) is 5.92 Å². The molecular formula is C14H13BrF2N2O. The SMILES string of the molecule is N#Cc1ccc(Br)cc1NC(=O)C1CCC(F)(F)CC1. The van der Waals surface area contributed by atoms with E-state index in [1.54, 1.807) is 18.2 Å². The zero-order chi connectivity index (χ0) is 14.8. The zero-order valence-electron chi connectivity index (χ0n) is 10.6. The van der Waals surface area contributed by atoms with Gasteiger partial charge in [0.2, 0.25) is 11.8 Å². The normalized spacial score (nSPS) is 18.3. The molecule has 0 aliphatic heterocycles. The molecule has 0 unspecified atom stereocenters. The number of benzene rings is 1. The Morgan fingerprint density at radius 3 is 2.65 bits per heavy atom. The second-order valence-corrected chi connectivity index (χ2v) is 5.84. The third-order valence-corrected chi connectivity index (χ3v) is 3.94. The number of carbonyl (C=O) groups is 1. The largest absolute Gasteiger partial charge is 0.325 e. The maximum atomic E-state index is 13.1. The standard InChI is InChI=1S/C14H13BrF2N2O/c15-11-2-1-10(8-18)12(7-11)19-13(20)9-3-5-14(16,17)6-4-9/h1-2,7,9H,3-6H2,(H,19,20). The van der Waals surface area contributed by atoms with Gasteiger partial charge in [0.1, 0.15) is 6.07 Å². The van der Waals surface area contributed by atoms with E-state index in [-0.39, 0.29) is 31.6 Å². The maximum Gasteiger partial charge on any atom is 0.248 e. The van der Waals surface area contributed by atoms with E-state index in [1.165, 1.54) is 0 Å². The first-order chi connectivity index (χ1) is 9.41. The van der Waals surface area contributed by atoms with Crippen molar-refractivity contribution >= 4 is 27.5 Å². The predicted octanol–water partition coefficient (Wildman–Crippen LogP) is 4.08. The Kier molecular flexibility index (Phi) is 4.39. The minimum absolute atomic E-state index is 0.175. The van der Waals surface area contributed by atoms with Crippen LogP contribution >= 0.6 is 15.9 Å². The molecular weight excluding hydrogens is 330 g/mol. The highest BCUT2D eigenvalue weighted by Crippen LogP contribution is 2.36. The quantitative estimate of drug-likeness (QED) is 0.880. The number of carbonyl (C=O) groups excluding carboxylic acids is 1. The first kappa shape index (κ1) is 14.9. The van der Waals surface area contributed by atoms with E-state index < -0.39 is 11.8 Å². The summed E-state index contributed by atoms with van der Waals surface area (Å²) in [4.78, 5) is 12.1. The molecule has 1 saturated carbocycles. The molecule has 0 saturated heterocycles. The van der Waals surface area contributed by atoms with Gasteiger partial charge in [-0.25, -0.2) is 8.78 Å². The number of rotatable bonds is 2. The van der Waals surface area contributed by atoms with E-state index >= 15 is 0 Å². The van der Waals surface area contributed by atoms with Crippen LogP contribution in [0.25, 0.3) is 0 Å². The Morgan fingerprint density at radius 1 is 1.40 bits per heavy atom. The fraction of sp³-hybridized carbons (Fsp3) is 0.429. The average molecular weight is 343 g/mol. The summed E-state index contributed by atoms with van der Waals surface area (Å²) in [7, 11) is 0. The van der Waals surface area contributed by atoms with Gasteiger partial charge in [-0.1, -0.05) is 15.9 Å². The van der Waals surface area contributed by atoms with Crippen LogP contribution in [0.5, 0.6) is 0 Å². The number of hydrogen-bond donors (Lipinski definition) is 1. The van der Waals surface area contributed by atoms with Crippen LogP contribution < -0.4 is 5.32 Å². The highest BCUT2D eigenvalue weighted by molar-refractivity contribution is 9.10. The average Bonchev–Trinajstić information content (AvgIpc) is 2.38. The van der Waals surface area contributed by atoms with Gasteiger partial charge in [-0.15, -0.1) is 0 Å². The van der Waals surface area contributed by atoms with Crippen molar-refractivity contribution in [1.82, 2.24) is 0 Å². The van der Waals surface area contributed by atoms with E-state index in [1.807, 2.05) is 6.07 Å². The number of nitrogens with zero attached hydrogens (tertiary/aromatic N) is 1. The molecule has 1 aliphatic rings. The van der Waals surface area contributed by atoms with Crippen molar-refractivity contribution in [3.05, 3.63) is 28.2 Å². The molecule has 0 bridgehead atoms. The van der Waals surface area contributed by atoms with E-state index in [2.05, 4.69) is 21.2 Å². The van der Waals surface area contributed by atoms with Crippen molar-refractivity contribution in [2.75, 3.05) is 5.32 Å². The maximum absolute atomic E-state index is 13.1. The smallest absolute Gasteiger partial charge is 0.248 e. The monoisotopic (exact) mass is 342 g/mol. The lowest BCUT2D eigenvalue weighted by atomic mass is 9.86. The van der Waals surface area contributed by atoms with Crippen LogP contribution in [0.1, 0.15) is 31.2 Å². The summed E-state index contributed by atoms with van der Waals surface area (Å²) in [5.74, 6) is -3.36. The number of nitrogens with one attached hydrogen (secondary N) is 1. The molecule has 1 aliphatic carbocycles. The highest BCUT2D eigenvalue weighted by Gasteiger charge is 2.37. The third-order valence-electron chi connectivity index (χ3n) is 3.45. The molecule has 0 spiro atoms. The van der Waals surface area contributed by atoms with Gasteiger partial charge >= 0.3 is 0 Å². The van der Waals surface area contributed by atoms with Gasteiger partial charge in [0, 0.05) is 23.2 Å². The summed E-state index contributed by atoms with van der Waals surface area (Å²) in [6.45, 7) is 0. The second-order valence-electron chi connectivity index (χ2n) is 4.92. The van der Waals surface area contributed by atoms with Crippen molar-refractivity contribution in [3.8, 4) is 6.07 Å². The van der Waals surface area contributed by atoms with E-state index in [0.29, 0.717) is 11.3 Å². The Morgan fingerprint density at radius 2 is 2.05 bits per heavy atom. The van der Waals surface area contributed by atoms with Crippen LogP contribution in [0, 0.1) is 17.2 Å². The fourth-order valence-electron chi connectivity index (χ4n) is 2.25. The Bertz CT molecular complexity index is 559. The summed E-state index contributed by atoms with van der Waals surface area (Å²) in [5, 5.41) is 11.6. The molecule has 3 nitrogen and oxygen atoms in total. The van der Waals surface area contributed by atoms with E-state index in [0.717, 1.165) is 4.47 Å². The summed E-state index contributed by atoms with van der Waals surface area (Å²) < 4.78 is 26.9. The molecule has 0 radical (unpaired) electrons. The molecule has 1 N–H and O–H groups in total.